The molecular formula is C65H47N3. The van der Waals surface area contributed by atoms with Gasteiger partial charge in [0.15, 0.2) is 0 Å². The molecule has 0 bridgehead atoms. The first-order valence-corrected chi connectivity index (χ1v) is 23.4. The second-order valence-electron chi connectivity index (χ2n) is 17.5. The van der Waals surface area contributed by atoms with Crippen LogP contribution < -0.4 is 0 Å². The van der Waals surface area contributed by atoms with Gasteiger partial charge < -0.3 is 9.13 Å². The van der Waals surface area contributed by atoms with Gasteiger partial charge in [0.05, 0.1) is 34.3 Å². The topological polar surface area (TPSA) is 22.2 Å². The molecule has 0 atom stereocenters. The molecule has 0 aliphatic rings. The Morgan fingerprint density at radius 1 is 0.368 bits per heavy atom. The van der Waals surface area contributed by atoms with Crippen molar-refractivity contribution in [2.75, 3.05) is 0 Å². The maximum Gasteiger partial charge on any atom is 0.0668 e. The number of hydrogen-bond donors (Lipinski definition) is 0. The Bertz CT molecular complexity index is 3970. The Morgan fingerprint density at radius 3 is 1.41 bits per heavy atom. The summed E-state index contributed by atoms with van der Waals surface area (Å²) in [6.45, 7) is 2.81. The van der Waals surface area contributed by atoms with E-state index in [0.29, 0.717) is 6.54 Å². The lowest BCUT2D eigenvalue weighted by molar-refractivity contribution is 1.07. The predicted molar refractivity (Wildman–Crippen MR) is 290 cm³/mol. The van der Waals surface area contributed by atoms with E-state index in [1.54, 1.807) is 0 Å². The molecule has 0 fully saturated rings. The Hall–Kier alpha value is -8.79. The maximum atomic E-state index is 5.19. The number of benzene rings is 10. The van der Waals surface area contributed by atoms with Crippen LogP contribution in [0, 0.1) is 0 Å². The minimum atomic E-state index is 0.605. The highest BCUT2D eigenvalue weighted by atomic mass is 15.0. The van der Waals surface area contributed by atoms with Crippen LogP contribution in [0.2, 0.25) is 0 Å². The third kappa shape index (κ3) is 7.41. The minimum Gasteiger partial charge on any atom is -0.313 e. The highest BCUT2D eigenvalue weighted by Crippen LogP contribution is 2.39. The van der Waals surface area contributed by atoms with Crippen molar-refractivity contribution in [1.29, 1.82) is 0 Å². The van der Waals surface area contributed by atoms with Gasteiger partial charge in [-0.15, -0.1) is 0 Å². The first-order chi connectivity index (χ1) is 33.7. The fourth-order valence-corrected chi connectivity index (χ4v) is 10.2. The van der Waals surface area contributed by atoms with Gasteiger partial charge in [-0.05, 0) is 116 Å². The van der Waals surface area contributed by atoms with Gasteiger partial charge in [-0.25, -0.2) is 0 Å². The fourth-order valence-electron chi connectivity index (χ4n) is 10.2. The van der Waals surface area contributed by atoms with Gasteiger partial charge in [0.1, 0.15) is 0 Å². The number of aliphatic imine (C=N–C) groups is 1. The van der Waals surface area contributed by atoms with E-state index in [1.165, 1.54) is 65.3 Å². The predicted octanol–water partition coefficient (Wildman–Crippen LogP) is 17.2. The van der Waals surface area contributed by atoms with Crippen molar-refractivity contribution in [1.82, 2.24) is 9.13 Å². The maximum absolute atomic E-state index is 5.19. The zero-order valence-electron chi connectivity index (χ0n) is 37.8. The second-order valence-corrected chi connectivity index (χ2v) is 17.5. The number of para-hydroxylation sites is 2. The first kappa shape index (κ1) is 40.7. The zero-order valence-corrected chi connectivity index (χ0v) is 37.8. The Labute approximate surface area is 396 Å². The molecule has 68 heavy (non-hydrogen) atoms. The third-order valence-corrected chi connectivity index (χ3v) is 13.4. The SMILES string of the molecule is C/C(=C\C(=N/Cc1ccccc1)c1ccccc1)n1c2ccccc2c2cc(-c3ccc4c(c3)c3ccccc3c3ccccc3c3ccccc3n4-c3ccc(-c4ccccc4)cc3)ccc21. The summed E-state index contributed by atoms with van der Waals surface area (Å²) in [4.78, 5) is 5.19. The standard InChI is InChI=1S/C65H47N3/c1-45(41-61(49-23-9-4-10-24-49)66-44-46-19-5-2-6-20-46)67-62-31-17-16-30-58(62)60-43-51(35-39-64(60)67)50-36-40-65-59(42-50)56-28-14-12-26-54(56)53-25-11-13-27-55(53)57-29-15-18-32-63(57)68(65)52-37-33-48(34-38-52)47-21-7-3-8-22-47/h2-43H,44H2,1H3/b45-41+,66-61+. The van der Waals surface area contributed by atoms with Gasteiger partial charge in [-0.2, -0.15) is 0 Å². The summed E-state index contributed by atoms with van der Waals surface area (Å²) < 4.78 is 4.85. The molecule has 0 unspecified atom stereocenters. The summed E-state index contributed by atoms with van der Waals surface area (Å²) in [6, 6.07) is 90.1. The van der Waals surface area contributed by atoms with Crippen molar-refractivity contribution >= 4 is 76.6 Å². The van der Waals surface area contributed by atoms with E-state index in [0.717, 1.165) is 50.3 Å². The van der Waals surface area contributed by atoms with Gasteiger partial charge in [0, 0.05) is 32.9 Å². The van der Waals surface area contributed by atoms with Crippen molar-refractivity contribution in [3.8, 4) is 27.9 Å². The van der Waals surface area contributed by atoms with E-state index >= 15 is 0 Å². The molecule has 3 nitrogen and oxygen atoms in total. The monoisotopic (exact) mass is 869 g/mol. The van der Waals surface area contributed by atoms with Crippen molar-refractivity contribution in [3.05, 3.63) is 266 Å². The average molecular weight is 870 g/mol. The average Bonchev–Trinajstić information content (AvgIpc) is 3.76. The van der Waals surface area contributed by atoms with Gasteiger partial charge in [-0.1, -0.05) is 200 Å². The summed E-state index contributed by atoms with van der Waals surface area (Å²) in [5.41, 5.74) is 14.7. The Kier molecular flexibility index (Phi) is 10.5. The normalized spacial score (nSPS) is 12.1. The molecule has 0 saturated carbocycles. The molecule has 0 radical (unpaired) electrons. The van der Waals surface area contributed by atoms with E-state index in [9.17, 15) is 0 Å². The van der Waals surface area contributed by atoms with E-state index in [-0.39, 0.29) is 0 Å². The molecule has 0 aliphatic carbocycles. The smallest absolute Gasteiger partial charge is 0.0668 e. The van der Waals surface area contributed by atoms with Crippen LogP contribution in [0.3, 0.4) is 0 Å². The number of fused-ring (bicyclic) bond motifs is 10. The zero-order chi connectivity index (χ0) is 45.4. The number of allylic oxidation sites excluding steroid dienone is 2. The van der Waals surface area contributed by atoms with E-state index < -0.39 is 0 Å². The third-order valence-electron chi connectivity index (χ3n) is 13.4. The molecule has 0 amide bonds. The molecule has 12 aromatic rings. The molecule has 0 N–H and O–H groups in total. The lowest BCUT2D eigenvalue weighted by Crippen LogP contribution is -2.02. The van der Waals surface area contributed by atoms with E-state index in [4.69, 9.17) is 4.99 Å². The summed E-state index contributed by atoms with van der Waals surface area (Å²) in [5.74, 6) is 0. The summed E-state index contributed by atoms with van der Waals surface area (Å²) in [5, 5.41) is 9.60. The molecule has 322 valence electrons. The molecule has 2 aromatic heterocycles. The summed E-state index contributed by atoms with van der Waals surface area (Å²) in [6.07, 6.45) is 2.24. The number of rotatable bonds is 8. The van der Waals surface area contributed by atoms with Crippen LogP contribution in [0.25, 0.3) is 98.8 Å². The molecular weight excluding hydrogens is 823 g/mol. The molecule has 2 heterocycles. The van der Waals surface area contributed by atoms with Crippen LogP contribution in [0.4, 0.5) is 0 Å². The molecule has 0 aliphatic heterocycles. The first-order valence-electron chi connectivity index (χ1n) is 23.4. The highest BCUT2D eigenvalue weighted by Gasteiger charge is 2.16. The highest BCUT2D eigenvalue weighted by molar-refractivity contribution is 6.20. The van der Waals surface area contributed by atoms with Crippen LogP contribution in [0.15, 0.2) is 260 Å². The van der Waals surface area contributed by atoms with E-state index in [1.807, 2.05) is 0 Å². The molecule has 0 spiro atoms. The fraction of sp³-hybridized carbons (Fsp3) is 0.0308. The second kappa shape index (κ2) is 17.5. The molecule has 10 aromatic carbocycles. The summed E-state index contributed by atoms with van der Waals surface area (Å²) >= 11 is 0. The summed E-state index contributed by atoms with van der Waals surface area (Å²) in [7, 11) is 0. The van der Waals surface area contributed by atoms with Gasteiger partial charge in [0.2, 0.25) is 0 Å². The number of nitrogens with zero attached hydrogens (tertiary/aromatic N) is 3. The van der Waals surface area contributed by atoms with Crippen LogP contribution in [-0.4, -0.2) is 14.8 Å². The molecule has 0 saturated heterocycles. The van der Waals surface area contributed by atoms with Crippen molar-refractivity contribution in [3.63, 3.8) is 0 Å². The van der Waals surface area contributed by atoms with Gasteiger partial charge in [0.25, 0.3) is 0 Å². The largest absolute Gasteiger partial charge is 0.313 e. The number of aromatic nitrogens is 2. The van der Waals surface area contributed by atoms with Crippen LogP contribution >= 0.6 is 0 Å². The lowest BCUT2D eigenvalue weighted by Gasteiger charge is -2.15. The van der Waals surface area contributed by atoms with Crippen LogP contribution in [0.1, 0.15) is 18.1 Å². The molecule has 12 rings (SSSR count). The van der Waals surface area contributed by atoms with Crippen LogP contribution in [-0.2, 0) is 6.54 Å². The quantitative estimate of drug-likeness (QED) is 0.136. The number of hydrogen-bond acceptors (Lipinski definition) is 1. The minimum absolute atomic E-state index is 0.605. The van der Waals surface area contributed by atoms with E-state index in [2.05, 4.69) is 271 Å². The molecule has 3 heteroatoms. The van der Waals surface area contributed by atoms with Crippen LogP contribution in [0.5, 0.6) is 0 Å². The van der Waals surface area contributed by atoms with Crippen molar-refractivity contribution in [2.45, 2.75) is 13.5 Å². The van der Waals surface area contributed by atoms with Gasteiger partial charge >= 0.3 is 0 Å². The Morgan fingerprint density at radius 2 is 0.779 bits per heavy atom. The van der Waals surface area contributed by atoms with Gasteiger partial charge in [-0.3, -0.25) is 4.99 Å². The lowest BCUT2D eigenvalue weighted by atomic mass is 9.98. The van der Waals surface area contributed by atoms with Crippen molar-refractivity contribution < 1.29 is 0 Å². The van der Waals surface area contributed by atoms with Crippen molar-refractivity contribution in [2.24, 2.45) is 4.99 Å². The Balaban J connectivity index is 1.08.